The van der Waals surface area contributed by atoms with Gasteiger partial charge >= 0.3 is 0 Å². The van der Waals surface area contributed by atoms with E-state index < -0.39 is 0 Å². The second kappa shape index (κ2) is 5.52. The van der Waals surface area contributed by atoms with E-state index in [4.69, 9.17) is 16.2 Å². The van der Waals surface area contributed by atoms with Crippen LogP contribution < -0.4 is 16.2 Å². The number of hydrogen-bond acceptors (Lipinski definition) is 3. The Hall–Kier alpha value is -1.06. The topological polar surface area (TPSA) is 61.3 Å². The number of aryl methyl sites for hydroxylation is 1. The van der Waals surface area contributed by atoms with Gasteiger partial charge in [0.25, 0.3) is 0 Å². The van der Waals surface area contributed by atoms with Gasteiger partial charge in [0.1, 0.15) is 5.75 Å². The maximum atomic E-state index is 6.37. The Morgan fingerprint density at radius 2 is 2.00 bits per heavy atom. The zero-order valence-electron chi connectivity index (χ0n) is 11.3. The minimum absolute atomic E-state index is 0.0319. The molecule has 0 bridgehead atoms. The normalized spacial score (nSPS) is 13.5. The van der Waals surface area contributed by atoms with Crippen molar-refractivity contribution in [2.45, 2.75) is 33.2 Å². The Kier molecular flexibility index (Phi) is 4.54. The van der Waals surface area contributed by atoms with Crippen LogP contribution in [0.4, 0.5) is 0 Å². The molecule has 0 aliphatic heterocycles. The highest BCUT2D eigenvalue weighted by atomic mass is 16.5. The maximum absolute atomic E-state index is 6.37. The summed E-state index contributed by atoms with van der Waals surface area (Å²) in [6, 6.07) is 6.04. The highest BCUT2D eigenvalue weighted by Crippen LogP contribution is 2.38. The van der Waals surface area contributed by atoms with Gasteiger partial charge in [-0.1, -0.05) is 31.5 Å². The SMILES string of the molecule is COc1ccc(C)cc1C(N)C(C)(C)CCN. The van der Waals surface area contributed by atoms with Crippen molar-refractivity contribution in [1.29, 1.82) is 0 Å². The third kappa shape index (κ3) is 3.20. The molecule has 96 valence electrons. The van der Waals surface area contributed by atoms with Gasteiger partial charge in [-0.2, -0.15) is 0 Å². The third-order valence-electron chi connectivity index (χ3n) is 3.35. The molecule has 0 saturated carbocycles. The molecule has 1 atom stereocenters. The summed E-state index contributed by atoms with van der Waals surface area (Å²) in [6.45, 7) is 7.00. The van der Waals surface area contributed by atoms with E-state index in [-0.39, 0.29) is 11.5 Å². The van der Waals surface area contributed by atoms with Gasteiger partial charge in [0, 0.05) is 11.6 Å². The van der Waals surface area contributed by atoms with Crippen LogP contribution in [0.5, 0.6) is 5.75 Å². The zero-order chi connectivity index (χ0) is 13.1. The molecular formula is C14H24N2O. The molecule has 3 heteroatoms. The van der Waals surface area contributed by atoms with Gasteiger partial charge in [0.2, 0.25) is 0 Å². The second-order valence-electron chi connectivity index (χ2n) is 5.25. The van der Waals surface area contributed by atoms with Gasteiger partial charge in [-0.15, -0.1) is 0 Å². The first-order valence-electron chi connectivity index (χ1n) is 6.02. The summed E-state index contributed by atoms with van der Waals surface area (Å²) in [4.78, 5) is 0. The third-order valence-corrected chi connectivity index (χ3v) is 3.35. The van der Waals surface area contributed by atoms with Crippen molar-refractivity contribution in [3.05, 3.63) is 29.3 Å². The van der Waals surface area contributed by atoms with Gasteiger partial charge in [-0.25, -0.2) is 0 Å². The molecular weight excluding hydrogens is 212 g/mol. The smallest absolute Gasteiger partial charge is 0.123 e. The predicted molar refractivity (Wildman–Crippen MR) is 72.1 cm³/mol. The first-order valence-corrected chi connectivity index (χ1v) is 6.02. The van der Waals surface area contributed by atoms with Crippen LogP contribution in [0.15, 0.2) is 18.2 Å². The summed E-state index contributed by atoms with van der Waals surface area (Å²) in [5.41, 5.74) is 14.2. The zero-order valence-corrected chi connectivity index (χ0v) is 11.3. The summed E-state index contributed by atoms with van der Waals surface area (Å²) in [7, 11) is 1.68. The van der Waals surface area contributed by atoms with E-state index in [0.29, 0.717) is 6.54 Å². The number of methoxy groups -OCH3 is 1. The van der Waals surface area contributed by atoms with E-state index in [2.05, 4.69) is 26.8 Å². The van der Waals surface area contributed by atoms with Crippen LogP contribution in [-0.4, -0.2) is 13.7 Å². The molecule has 0 spiro atoms. The van der Waals surface area contributed by atoms with Crippen LogP contribution in [0.25, 0.3) is 0 Å². The van der Waals surface area contributed by atoms with Crippen LogP contribution in [0.2, 0.25) is 0 Å². The minimum atomic E-state index is -0.0686. The van der Waals surface area contributed by atoms with Crippen molar-refractivity contribution in [2.24, 2.45) is 16.9 Å². The highest BCUT2D eigenvalue weighted by Gasteiger charge is 2.29. The summed E-state index contributed by atoms with van der Waals surface area (Å²) in [5.74, 6) is 0.855. The van der Waals surface area contributed by atoms with Crippen molar-refractivity contribution in [3.63, 3.8) is 0 Å². The van der Waals surface area contributed by atoms with Crippen LogP contribution in [0.3, 0.4) is 0 Å². The number of benzene rings is 1. The van der Waals surface area contributed by atoms with Crippen molar-refractivity contribution in [2.75, 3.05) is 13.7 Å². The Balaban J connectivity index is 3.09. The van der Waals surface area contributed by atoms with Gasteiger partial charge in [0.05, 0.1) is 7.11 Å². The Labute approximate surface area is 104 Å². The number of nitrogens with two attached hydrogens (primary N) is 2. The molecule has 0 radical (unpaired) electrons. The second-order valence-corrected chi connectivity index (χ2v) is 5.25. The summed E-state index contributed by atoms with van der Waals surface area (Å²) in [6.07, 6.45) is 0.894. The van der Waals surface area contributed by atoms with Gasteiger partial charge in [-0.3, -0.25) is 0 Å². The minimum Gasteiger partial charge on any atom is -0.496 e. The average molecular weight is 236 g/mol. The lowest BCUT2D eigenvalue weighted by Gasteiger charge is -2.32. The molecule has 0 aliphatic rings. The fourth-order valence-electron chi connectivity index (χ4n) is 2.05. The monoisotopic (exact) mass is 236 g/mol. The first kappa shape index (κ1) is 14.0. The van der Waals surface area contributed by atoms with Gasteiger partial charge in [0.15, 0.2) is 0 Å². The van der Waals surface area contributed by atoms with Crippen molar-refractivity contribution >= 4 is 0 Å². The Morgan fingerprint density at radius 3 is 2.53 bits per heavy atom. The van der Waals surface area contributed by atoms with E-state index in [1.165, 1.54) is 5.56 Å². The van der Waals surface area contributed by atoms with Crippen LogP contribution in [0, 0.1) is 12.3 Å². The van der Waals surface area contributed by atoms with Crippen molar-refractivity contribution in [3.8, 4) is 5.75 Å². The molecule has 0 aromatic heterocycles. The molecule has 0 fully saturated rings. The fraction of sp³-hybridized carbons (Fsp3) is 0.571. The lowest BCUT2D eigenvalue weighted by atomic mass is 9.78. The molecule has 1 aromatic carbocycles. The molecule has 1 unspecified atom stereocenters. The van der Waals surface area contributed by atoms with E-state index in [1.807, 2.05) is 12.1 Å². The molecule has 1 rings (SSSR count). The molecule has 0 aliphatic carbocycles. The lowest BCUT2D eigenvalue weighted by Crippen LogP contribution is -2.31. The van der Waals surface area contributed by atoms with Crippen molar-refractivity contribution < 1.29 is 4.74 Å². The molecule has 0 amide bonds. The number of hydrogen-bond donors (Lipinski definition) is 2. The van der Waals surface area contributed by atoms with Crippen LogP contribution in [0.1, 0.15) is 37.4 Å². The molecule has 1 aromatic rings. The first-order chi connectivity index (χ1) is 7.92. The van der Waals surface area contributed by atoms with E-state index in [1.54, 1.807) is 7.11 Å². The largest absolute Gasteiger partial charge is 0.496 e. The summed E-state index contributed by atoms with van der Waals surface area (Å²) < 4.78 is 5.38. The standard InChI is InChI=1S/C14H24N2O/c1-10-5-6-12(17-4)11(9-10)13(16)14(2,3)7-8-15/h5-6,9,13H,7-8,15-16H2,1-4H3. The number of rotatable bonds is 5. The molecule has 0 saturated heterocycles. The van der Waals surface area contributed by atoms with E-state index in [0.717, 1.165) is 17.7 Å². The van der Waals surface area contributed by atoms with Crippen LogP contribution in [-0.2, 0) is 0 Å². The molecule has 0 heterocycles. The average Bonchev–Trinajstić information content (AvgIpc) is 2.28. The van der Waals surface area contributed by atoms with Gasteiger partial charge in [-0.05, 0) is 31.4 Å². The van der Waals surface area contributed by atoms with Crippen molar-refractivity contribution in [1.82, 2.24) is 0 Å². The summed E-state index contributed by atoms with van der Waals surface area (Å²) in [5, 5.41) is 0. The number of ether oxygens (including phenoxy) is 1. The molecule has 4 N–H and O–H groups in total. The Bertz CT molecular complexity index is 374. The Morgan fingerprint density at radius 1 is 1.35 bits per heavy atom. The highest BCUT2D eigenvalue weighted by molar-refractivity contribution is 5.39. The quantitative estimate of drug-likeness (QED) is 0.825. The summed E-state index contributed by atoms with van der Waals surface area (Å²) >= 11 is 0. The lowest BCUT2D eigenvalue weighted by molar-refractivity contribution is 0.264. The fourth-order valence-corrected chi connectivity index (χ4v) is 2.05. The maximum Gasteiger partial charge on any atom is 0.123 e. The van der Waals surface area contributed by atoms with E-state index in [9.17, 15) is 0 Å². The molecule has 17 heavy (non-hydrogen) atoms. The van der Waals surface area contributed by atoms with Gasteiger partial charge < -0.3 is 16.2 Å². The van der Waals surface area contributed by atoms with Crippen LogP contribution >= 0.6 is 0 Å². The predicted octanol–water partition coefficient (Wildman–Crippen LogP) is 2.38. The van der Waals surface area contributed by atoms with E-state index >= 15 is 0 Å². The molecule has 3 nitrogen and oxygen atoms in total.